The number of rotatable bonds is 11. The Labute approximate surface area is 293 Å². The fourth-order valence-electron chi connectivity index (χ4n) is 6.94. The first-order chi connectivity index (χ1) is 25.0. The third-order valence-electron chi connectivity index (χ3n) is 9.61. The molecule has 0 spiro atoms. The molecule has 0 radical (unpaired) electrons. The minimum Gasteiger partial charge on any atom is -0.497 e. The van der Waals surface area contributed by atoms with E-state index >= 15 is 0 Å². The molecule has 51 heavy (non-hydrogen) atoms. The van der Waals surface area contributed by atoms with Crippen molar-refractivity contribution >= 4 is 22.9 Å². The second kappa shape index (κ2) is 13.2. The van der Waals surface area contributed by atoms with Crippen molar-refractivity contribution in [3.8, 4) is 11.5 Å². The van der Waals surface area contributed by atoms with Gasteiger partial charge in [0.15, 0.2) is 23.2 Å². The highest BCUT2D eigenvalue weighted by Crippen LogP contribution is 2.49. The van der Waals surface area contributed by atoms with Crippen LogP contribution in [0, 0.1) is 0 Å². The van der Waals surface area contributed by atoms with Gasteiger partial charge in [0, 0.05) is 5.56 Å². The van der Waals surface area contributed by atoms with Crippen LogP contribution in [0.2, 0.25) is 0 Å². The Kier molecular flexibility index (Phi) is 8.44. The number of nitrogens with zero attached hydrogens (tertiary/aromatic N) is 4. The normalized spacial score (nSPS) is 21.1. The number of benzene rings is 4. The van der Waals surface area contributed by atoms with Gasteiger partial charge >= 0.3 is 0 Å². The van der Waals surface area contributed by atoms with Crippen LogP contribution in [-0.4, -0.2) is 75.8 Å². The summed E-state index contributed by atoms with van der Waals surface area (Å²) in [6.07, 6.45) is 0.331. The van der Waals surface area contributed by atoms with E-state index in [2.05, 4.69) is 20.3 Å². The molecule has 6 aromatic rings. The first-order valence-electron chi connectivity index (χ1n) is 16.5. The van der Waals surface area contributed by atoms with Crippen LogP contribution in [0.4, 0.5) is 5.82 Å². The van der Waals surface area contributed by atoms with Crippen molar-refractivity contribution in [2.75, 3.05) is 32.8 Å². The summed E-state index contributed by atoms with van der Waals surface area (Å²) in [4.78, 5) is 26.2. The van der Waals surface area contributed by atoms with E-state index in [0.29, 0.717) is 28.2 Å². The maximum atomic E-state index is 12.9. The van der Waals surface area contributed by atoms with E-state index in [0.717, 1.165) is 16.7 Å². The standard InChI is InChI=1S/C39H35N5O7/c1-47-29-17-13-27(14-18-29)39(26-11-7-4-8-12-26,28-15-19-30(48-2)20-16-28)50-22-38-21-49-32(33(38)45)37(51-38)44-24-42-31-34(40-23-41-35(31)44)43-36(46)25-9-5-3-6-10-25/h3-20,23-24,32-33,37,45H,21-22H2,1-2H3,(H,40,41,43,46)/t32-,33+,37+,38-/m0/s1. The first kappa shape index (κ1) is 32.5. The summed E-state index contributed by atoms with van der Waals surface area (Å²) in [6.45, 7) is 0.0690. The molecule has 4 atom stereocenters. The number of hydrogen-bond donors (Lipinski definition) is 2. The van der Waals surface area contributed by atoms with Gasteiger partial charge in [-0.15, -0.1) is 0 Å². The summed E-state index contributed by atoms with van der Waals surface area (Å²) in [5, 5.41) is 14.6. The number of methoxy groups -OCH3 is 2. The maximum Gasteiger partial charge on any atom is 0.256 e. The van der Waals surface area contributed by atoms with Crippen LogP contribution < -0.4 is 14.8 Å². The van der Waals surface area contributed by atoms with Crippen LogP contribution in [0.25, 0.3) is 11.2 Å². The smallest absolute Gasteiger partial charge is 0.256 e. The second-order valence-corrected chi connectivity index (χ2v) is 12.5. The Morgan fingerprint density at radius 2 is 1.47 bits per heavy atom. The van der Waals surface area contributed by atoms with Crippen molar-refractivity contribution < 1.29 is 33.6 Å². The van der Waals surface area contributed by atoms with E-state index in [4.69, 9.17) is 23.7 Å². The molecule has 2 aliphatic rings. The molecule has 12 heteroatoms. The Bertz CT molecular complexity index is 2100. The predicted octanol–water partition coefficient (Wildman–Crippen LogP) is 5.13. The number of imidazole rings is 1. The summed E-state index contributed by atoms with van der Waals surface area (Å²) in [5.41, 5.74) is 1.46. The summed E-state index contributed by atoms with van der Waals surface area (Å²) < 4.78 is 32.7. The van der Waals surface area contributed by atoms with Crippen molar-refractivity contribution in [1.29, 1.82) is 0 Å². The first-order valence-corrected chi connectivity index (χ1v) is 16.5. The number of amides is 1. The summed E-state index contributed by atoms with van der Waals surface area (Å²) >= 11 is 0. The number of fused-ring (bicyclic) bond motifs is 3. The number of aliphatic hydroxyl groups excluding tert-OH is 1. The molecule has 2 bridgehead atoms. The highest BCUT2D eigenvalue weighted by molar-refractivity contribution is 6.06. The van der Waals surface area contributed by atoms with Gasteiger partial charge in [0.2, 0.25) is 0 Å². The van der Waals surface area contributed by atoms with Gasteiger partial charge in [-0.3, -0.25) is 9.36 Å². The zero-order valence-corrected chi connectivity index (χ0v) is 27.9. The zero-order valence-electron chi connectivity index (χ0n) is 27.9. The van der Waals surface area contributed by atoms with E-state index in [1.54, 1.807) is 49.4 Å². The average molecular weight is 686 g/mol. The molecule has 4 heterocycles. The Balaban J connectivity index is 1.14. The highest BCUT2D eigenvalue weighted by atomic mass is 16.7. The minimum absolute atomic E-state index is 0.0336. The Morgan fingerprint density at radius 3 is 2.10 bits per heavy atom. The lowest BCUT2D eigenvalue weighted by Crippen LogP contribution is -2.48. The molecule has 2 fully saturated rings. The van der Waals surface area contributed by atoms with Gasteiger partial charge in [-0.1, -0.05) is 72.8 Å². The lowest BCUT2D eigenvalue weighted by Gasteiger charge is -2.39. The SMILES string of the molecule is COc1ccc(C(OC[C@]23CO[C@H]([C@H](n4cnc5c(NC(=O)c6ccccc6)ncnc54)O2)[C@H]3O)(c2ccccc2)c2ccc(OC)cc2)cc1. The molecule has 12 nitrogen and oxygen atoms in total. The largest absolute Gasteiger partial charge is 0.497 e. The number of carbonyl (C=O) groups excluding carboxylic acids is 1. The molecule has 1 amide bonds. The number of anilines is 1. The second-order valence-electron chi connectivity index (χ2n) is 12.5. The topological polar surface area (TPSA) is 139 Å². The molecule has 0 aliphatic carbocycles. The zero-order chi connectivity index (χ0) is 35.0. The molecule has 0 unspecified atom stereocenters. The van der Waals surface area contributed by atoms with Gasteiger partial charge in [-0.2, -0.15) is 0 Å². The van der Waals surface area contributed by atoms with Gasteiger partial charge in [0.25, 0.3) is 5.91 Å². The Hall–Kier alpha value is -5.66. The van der Waals surface area contributed by atoms with E-state index < -0.39 is 29.6 Å². The third-order valence-corrected chi connectivity index (χ3v) is 9.61. The number of aliphatic hydroxyl groups is 1. The molecule has 2 aliphatic heterocycles. The molecular weight excluding hydrogens is 650 g/mol. The van der Waals surface area contributed by atoms with Gasteiger partial charge in [0.1, 0.15) is 41.2 Å². The number of hydrogen-bond acceptors (Lipinski definition) is 10. The van der Waals surface area contributed by atoms with Gasteiger partial charge in [-0.05, 0) is 53.1 Å². The fourth-order valence-corrected chi connectivity index (χ4v) is 6.94. The summed E-state index contributed by atoms with van der Waals surface area (Å²) in [7, 11) is 3.25. The lowest BCUT2D eigenvalue weighted by molar-refractivity contribution is -0.202. The molecule has 2 aromatic heterocycles. The molecule has 258 valence electrons. The molecule has 8 rings (SSSR count). The van der Waals surface area contributed by atoms with E-state index in [9.17, 15) is 9.90 Å². The highest BCUT2D eigenvalue weighted by Gasteiger charge is 2.63. The average Bonchev–Trinajstić information content (AvgIpc) is 3.85. The number of aromatic nitrogens is 4. The van der Waals surface area contributed by atoms with Crippen molar-refractivity contribution in [3.63, 3.8) is 0 Å². The molecule has 2 N–H and O–H groups in total. The third kappa shape index (κ3) is 5.58. The van der Waals surface area contributed by atoms with Gasteiger partial charge < -0.3 is 34.1 Å². The van der Waals surface area contributed by atoms with Crippen molar-refractivity contribution in [1.82, 2.24) is 19.5 Å². The number of ether oxygens (including phenoxy) is 5. The predicted molar refractivity (Wildman–Crippen MR) is 187 cm³/mol. The van der Waals surface area contributed by atoms with Gasteiger partial charge in [-0.25, -0.2) is 15.0 Å². The van der Waals surface area contributed by atoms with Crippen LogP contribution in [-0.2, 0) is 19.8 Å². The fraction of sp³-hybridized carbons (Fsp3) is 0.231. The van der Waals surface area contributed by atoms with Crippen LogP contribution >= 0.6 is 0 Å². The van der Waals surface area contributed by atoms with Crippen molar-refractivity contribution in [2.45, 2.75) is 29.6 Å². The Morgan fingerprint density at radius 1 is 0.863 bits per heavy atom. The van der Waals surface area contributed by atoms with E-state index in [1.165, 1.54) is 6.33 Å². The van der Waals surface area contributed by atoms with Crippen LogP contribution in [0.5, 0.6) is 11.5 Å². The summed E-state index contributed by atoms with van der Waals surface area (Å²) in [5.74, 6) is 1.34. The molecule has 4 aromatic carbocycles. The quantitative estimate of drug-likeness (QED) is 0.177. The lowest BCUT2D eigenvalue weighted by atomic mass is 9.79. The minimum atomic E-state index is -1.23. The molecule has 2 saturated heterocycles. The molecule has 0 saturated carbocycles. The molecular formula is C39H35N5O7. The monoisotopic (exact) mass is 685 g/mol. The van der Waals surface area contributed by atoms with E-state index in [-0.39, 0.29) is 24.9 Å². The van der Waals surface area contributed by atoms with Crippen LogP contribution in [0.3, 0.4) is 0 Å². The van der Waals surface area contributed by atoms with Crippen LogP contribution in [0.1, 0.15) is 33.3 Å². The van der Waals surface area contributed by atoms with E-state index in [1.807, 2.05) is 84.9 Å². The van der Waals surface area contributed by atoms with Gasteiger partial charge in [0.05, 0.1) is 33.8 Å². The van der Waals surface area contributed by atoms with Crippen LogP contribution in [0.15, 0.2) is 122 Å². The summed E-state index contributed by atoms with van der Waals surface area (Å²) in [6, 6.07) is 34.2. The van der Waals surface area contributed by atoms with Crippen molar-refractivity contribution in [2.24, 2.45) is 0 Å². The van der Waals surface area contributed by atoms with Crippen molar-refractivity contribution in [3.05, 3.63) is 144 Å². The number of carbonyl (C=O) groups is 1. The maximum absolute atomic E-state index is 12.9. The number of nitrogens with one attached hydrogen (secondary N) is 1.